The van der Waals surface area contributed by atoms with Crippen LogP contribution >= 0.6 is 0 Å². The molecule has 20 heavy (non-hydrogen) atoms. The Bertz CT molecular complexity index is 545. The van der Waals surface area contributed by atoms with E-state index >= 15 is 0 Å². The summed E-state index contributed by atoms with van der Waals surface area (Å²) in [5.74, 6) is 0.979. The molecule has 1 fully saturated rings. The van der Waals surface area contributed by atoms with E-state index in [4.69, 9.17) is 5.73 Å². The summed E-state index contributed by atoms with van der Waals surface area (Å²) in [6.07, 6.45) is 10.7. The van der Waals surface area contributed by atoms with Gasteiger partial charge >= 0.3 is 0 Å². The van der Waals surface area contributed by atoms with Crippen LogP contribution in [0.3, 0.4) is 0 Å². The second kappa shape index (κ2) is 6.17. The Kier molecular flexibility index (Phi) is 4.11. The highest BCUT2D eigenvalue weighted by Gasteiger charge is 2.24. The van der Waals surface area contributed by atoms with E-state index in [9.17, 15) is 0 Å². The summed E-state index contributed by atoms with van der Waals surface area (Å²) in [4.78, 5) is 18.5. The van der Waals surface area contributed by atoms with Crippen LogP contribution in [0.4, 0.5) is 5.82 Å². The normalized spacial score (nSPS) is 16.6. The minimum Gasteiger partial charge on any atom is -0.352 e. The summed E-state index contributed by atoms with van der Waals surface area (Å²) in [5, 5.41) is 0. The van der Waals surface area contributed by atoms with Gasteiger partial charge in [0.05, 0.1) is 6.33 Å². The zero-order valence-corrected chi connectivity index (χ0v) is 11.8. The van der Waals surface area contributed by atoms with Gasteiger partial charge in [-0.05, 0) is 25.8 Å². The summed E-state index contributed by atoms with van der Waals surface area (Å²) < 4.78 is 0. The Morgan fingerprint density at radius 1 is 1.20 bits per heavy atom. The van der Waals surface area contributed by atoms with E-state index in [0.717, 1.165) is 29.9 Å². The maximum atomic E-state index is 5.70. The summed E-state index contributed by atoms with van der Waals surface area (Å²) >= 11 is 0. The molecule has 2 aromatic heterocycles. The number of fused-ring (bicyclic) bond motifs is 1. The van der Waals surface area contributed by atoms with Crippen LogP contribution in [-0.4, -0.2) is 39.1 Å². The number of rotatable bonds is 5. The van der Waals surface area contributed by atoms with Gasteiger partial charge in [0.15, 0.2) is 11.5 Å². The van der Waals surface area contributed by atoms with E-state index in [2.05, 4.69) is 24.8 Å². The third kappa shape index (κ3) is 2.60. The van der Waals surface area contributed by atoms with Gasteiger partial charge < -0.3 is 15.6 Å². The van der Waals surface area contributed by atoms with Gasteiger partial charge in [-0.2, -0.15) is 0 Å². The van der Waals surface area contributed by atoms with Crippen molar-refractivity contribution in [1.29, 1.82) is 0 Å². The lowest BCUT2D eigenvalue weighted by molar-refractivity contribution is 0.411. The van der Waals surface area contributed by atoms with Crippen LogP contribution in [0, 0.1) is 0 Å². The Balaban J connectivity index is 1.92. The topological polar surface area (TPSA) is 83.7 Å². The number of aromatic nitrogens is 4. The van der Waals surface area contributed by atoms with E-state index in [-0.39, 0.29) is 0 Å². The van der Waals surface area contributed by atoms with Crippen molar-refractivity contribution in [1.82, 2.24) is 19.9 Å². The minimum atomic E-state index is 0.566. The molecule has 0 spiro atoms. The molecule has 1 aliphatic carbocycles. The molecule has 0 amide bonds. The second-order valence-electron chi connectivity index (χ2n) is 5.43. The fourth-order valence-electron chi connectivity index (χ4n) is 3.09. The van der Waals surface area contributed by atoms with Crippen molar-refractivity contribution >= 4 is 17.0 Å². The number of hydrogen-bond acceptors (Lipinski definition) is 5. The summed E-state index contributed by atoms with van der Waals surface area (Å²) in [5.41, 5.74) is 7.38. The van der Waals surface area contributed by atoms with Crippen LogP contribution in [-0.2, 0) is 0 Å². The van der Waals surface area contributed by atoms with Crippen LogP contribution in [0.2, 0.25) is 0 Å². The lowest BCUT2D eigenvalue weighted by Gasteiger charge is -2.35. The largest absolute Gasteiger partial charge is 0.352 e. The van der Waals surface area contributed by atoms with Gasteiger partial charge in [-0.1, -0.05) is 19.3 Å². The minimum absolute atomic E-state index is 0.566. The van der Waals surface area contributed by atoms with Crippen molar-refractivity contribution in [2.24, 2.45) is 5.73 Å². The molecule has 0 aliphatic heterocycles. The summed E-state index contributed by atoms with van der Waals surface area (Å²) in [7, 11) is 0. The Labute approximate surface area is 118 Å². The first-order valence-corrected chi connectivity index (χ1v) is 7.51. The smallest absolute Gasteiger partial charge is 0.182 e. The molecule has 6 heteroatoms. The Morgan fingerprint density at radius 3 is 2.85 bits per heavy atom. The molecule has 108 valence electrons. The monoisotopic (exact) mass is 274 g/mol. The van der Waals surface area contributed by atoms with Gasteiger partial charge in [-0.25, -0.2) is 15.0 Å². The molecule has 0 saturated heterocycles. The second-order valence-corrected chi connectivity index (χ2v) is 5.43. The standard InChI is InChI=1S/C14H22N6/c15-7-4-8-20(11-5-2-1-3-6-11)14-12-13(17-9-16-12)18-10-19-14/h9-11H,1-8,15H2,(H,16,17,18,19). The molecule has 0 atom stereocenters. The van der Waals surface area contributed by atoms with Crippen LogP contribution in [0.25, 0.3) is 11.2 Å². The predicted octanol–water partition coefficient (Wildman–Crippen LogP) is 1.84. The quantitative estimate of drug-likeness (QED) is 0.869. The highest BCUT2D eigenvalue weighted by molar-refractivity contribution is 5.82. The van der Waals surface area contributed by atoms with Crippen molar-refractivity contribution < 1.29 is 0 Å². The van der Waals surface area contributed by atoms with Crippen LogP contribution in [0.5, 0.6) is 0 Å². The molecule has 1 aliphatic rings. The molecule has 0 unspecified atom stereocenters. The molecule has 6 nitrogen and oxygen atoms in total. The number of H-pyrrole nitrogens is 1. The first kappa shape index (κ1) is 13.3. The molecular formula is C14H22N6. The van der Waals surface area contributed by atoms with Crippen LogP contribution in [0.1, 0.15) is 38.5 Å². The van der Waals surface area contributed by atoms with Gasteiger partial charge in [0.25, 0.3) is 0 Å². The maximum absolute atomic E-state index is 5.70. The molecular weight excluding hydrogens is 252 g/mol. The molecule has 3 rings (SSSR count). The van der Waals surface area contributed by atoms with Crippen molar-refractivity contribution in [3.8, 4) is 0 Å². The van der Waals surface area contributed by atoms with Gasteiger partial charge in [0.2, 0.25) is 0 Å². The highest BCUT2D eigenvalue weighted by Crippen LogP contribution is 2.29. The van der Waals surface area contributed by atoms with Gasteiger partial charge in [-0.15, -0.1) is 0 Å². The molecule has 0 bridgehead atoms. The van der Waals surface area contributed by atoms with Crippen LogP contribution in [0.15, 0.2) is 12.7 Å². The van der Waals surface area contributed by atoms with Crippen molar-refractivity contribution in [2.45, 2.75) is 44.6 Å². The highest BCUT2D eigenvalue weighted by atomic mass is 15.2. The zero-order valence-electron chi connectivity index (χ0n) is 11.8. The lowest BCUT2D eigenvalue weighted by atomic mass is 9.94. The number of nitrogens with two attached hydrogens (primary N) is 1. The van der Waals surface area contributed by atoms with Crippen molar-refractivity contribution in [2.75, 3.05) is 18.0 Å². The SMILES string of the molecule is NCCCN(c1ncnc2nc[nH]c12)C1CCCCC1. The molecule has 0 aromatic carbocycles. The Morgan fingerprint density at radius 2 is 2.05 bits per heavy atom. The van der Waals surface area contributed by atoms with Crippen LogP contribution < -0.4 is 10.6 Å². The molecule has 3 N–H and O–H groups in total. The number of nitrogens with zero attached hydrogens (tertiary/aromatic N) is 4. The number of aromatic amines is 1. The fraction of sp³-hybridized carbons (Fsp3) is 0.643. The average molecular weight is 274 g/mol. The van der Waals surface area contributed by atoms with E-state index in [1.165, 1.54) is 32.1 Å². The molecule has 0 radical (unpaired) electrons. The average Bonchev–Trinajstić information content (AvgIpc) is 2.98. The molecule has 1 saturated carbocycles. The third-order valence-electron chi connectivity index (χ3n) is 4.09. The fourth-order valence-corrected chi connectivity index (χ4v) is 3.09. The van der Waals surface area contributed by atoms with E-state index in [1.807, 2.05) is 0 Å². The van der Waals surface area contributed by atoms with E-state index in [0.29, 0.717) is 12.6 Å². The summed E-state index contributed by atoms with van der Waals surface area (Å²) in [6, 6.07) is 0.566. The first-order chi connectivity index (χ1) is 9.90. The number of hydrogen-bond donors (Lipinski definition) is 2. The van der Waals surface area contributed by atoms with Crippen molar-refractivity contribution in [3.63, 3.8) is 0 Å². The first-order valence-electron chi connectivity index (χ1n) is 7.51. The van der Waals surface area contributed by atoms with Crippen molar-refractivity contribution in [3.05, 3.63) is 12.7 Å². The van der Waals surface area contributed by atoms with Gasteiger partial charge in [-0.3, -0.25) is 0 Å². The predicted molar refractivity (Wildman–Crippen MR) is 79.6 cm³/mol. The lowest BCUT2D eigenvalue weighted by Crippen LogP contribution is -2.39. The molecule has 2 heterocycles. The number of nitrogens with one attached hydrogen (secondary N) is 1. The van der Waals surface area contributed by atoms with E-state index in [1.54, 1.807) is 12.7 Å². The Hall–Kier alpha value is -1.69. The number of anilines is 1. The summed E-state index contributed by atoms with van der Waals surface area (Å²) in [6.45, 7) is 1.66. The molecule has 2 aromatic rings. The zero-order chi connectivity index (χ0) is 13.8. The maximum Gasteiger partial charge on any atom is 0.182 e. The third-order valence-corrected chi connectivity index (χ3v) is 4.09. The number of imidazole rings is 1. The van der Waals surface area contributed by atoms with Gasteiger partial charge in [0, 0.05) is 12.6 Å². The van der Waals surface area contributed by atoms with E-state index < -0.39 is 0 Å². The van der Waals surface area contributed by atoms with Gasteiger partial charge in [0.1, 0.15) is 11.8 Å².